The van der Waals surface area contributed by atoms with E-state index in [-0.39, 0.29) is 23.4 Å². The van der Waals surface area contributed by atoms with Gasteiger partial charge in [0, 0.05) is 24.1 Å². The monoisotopic (exact) mass is 320 g/mol. The zero-order chi connectivity index (χ0) is 15.9. The van der Waals surface area contributed by atoms with E-state index in [1.54, 1.807) is 40.3 Å². The van der Waals surface area contributed by atoms with Crippen molar-refractivity contribution in [2.75, 3.05) is 4.90 Å². The van der Waals surface area contributed by atoms with E-state index < -0.39 is 10.0 Å². The van der Waals surface area contributed by atoms with Gasteiger partial charge in [-0.15, -0.1) is 0 Å². The average molecular weight is 320 g/mol. The maximum atomic E-state index is 12.5. The van der Waals surface area contributed by atoms with Crippen molar-refractivity contribution in [1.82, 2.24) is 9.55 Å². The number of nitrogens with two attached hydrogens (primary N) is 1. The van der Waals surface area contributed by atoms with Crippen LogP contribution in [0.1, 0.15) is 12.5 Å². The first-order valence-corrected chi connectivity index (χ1v) is 8.34. The fraction of sp³-hybridized carbons (Fsp3) is 0.286. The van der Waals surface area contributed by atoms with E-state index in [1.807, 2.05) is 6.92 Å². The Morgan fingerprint density at radius 2 is 2.23 bits per heavy atom. The van der Waals surface area contributed by atoms with Gasteiger partial charge in [0.15, 0.2) is 0 Å². The van der Waals surface area contributed by atoms with E-state index >= 15 is 0 Å². The van der Waals surface area contributed by atoms with E-state index in [1.165, 1.54) is 6.07 Å². The first-order valence-electron chi connectivity index (χ1n) is 6.80. The van der Waals surface area contributed by atoms with Crippen LogP contribution in [0.25, 0.3) is 0 Å². The molecule has 1 aromatic carbocycles. The van der Waals surface area contributed by atoms with Crippen molar-refractivity contribution in [1.29, 1.82) is 0 Å². The number of hydrogen-bond acceptors (Lipinski definition) is 4. The van der Waals surface area contributed by atoms with Gasteiger partial charge in [0.25, 0.3) is 0 Å². The highest BCUT2D eigenvalue weighted by Gasteiger charge is 2.31. The van der Waals surface area contributed by atoms with Crippen molar-refractivity contribution >= 4 is 21.6 Å². The topological polar surface area (TPSA) is 98.3 Å². The molecule has 8 heteroatoms. The van der Waals surface area contributed by atoms with E-state index in [0.717, 1.165) is 11.3 Å². The van der Waals surface area contributed by atoms with Gasteiger partial charge in [-0.25, -0.2) is 18.5 Å². The summed E-state index contributed by atoms with van der Waals surface area (Å²) in [4.78, 5) is 18.2. The van der Waals surface area contributed by atoms with Crippen LogP contribution in [0.2, 0.25) is 0 Å². The van der Waals surface area contributed by atoms with Crippen molar-refractivity contribution in [3.05, 3.63) is 42.5 Å². The van der Waals surface area contributed by atoms with Gasteiger partial charge in [0.2, 0.25) is 15.9 Å². The number of sulfonamides is 1. The number of anilines is 1. The summed E-state index contributed by atoms with van der Waals surface area (Å²) in [5.74, 6) is -0.0624. The van der Waals surface area contributed by atoms with Crippen molar-refractivity contribution in [2.24, 2.45) is 5.14 Å². The summed E-state index contributed by atoms with van der Waals surface area (Å²) in [6.45, 7) is 2.13. The Hall–Kier alpha value is -2.19. The standard InChI is InChI=1S/C14H16N4O3S/c1-10-6-11-7-12(22(15,20)21)2-3-13(11)18(10)14(19)8-17-5-4-16-9-17/h2-5,7,9-10H,6,8H2,1H3,(H2,15,20,21)/t10-/m1/s1. The first-order chi connectivity index (χ1) is 10.4. The summed E-state index contributed by atoms with van der Waals surface area (Å²) in [6, 6.07) is 4.60. The summed E-state index contributed by atoms with van der Waals surface area (Å²) in [7, 11) is -3.74. The van der Waals surface area contributed by atoms with Gasteiger partial charge in [0.05, 0.1) is 11.2 Å². The van der Waals surface area contributed by atoms with Crippen LogP contribution in [0, 0.1) is 0 Å². The molecule has 0 radical (unpaired) electrons. The third kappa shape index (κ3) is 2.62. The summed E-state index contributed by atoms with van der Waals surface area (Å²) in [5, 5.41) is 5.15. The molecule has 1 aromatic heterocycles. The van der Waals surface area contributed by atoms with Crippen LogP contribution in [0.15, 0.2) is 41.8 Å². The molecular weight excluding hydrogens is 304 g/mol. The molecule has 2 aromatic rings. The maximum absolute atomic E-state index is 12.5. The molecule has 0 fully saturated rings. The summed E-state index contributed by atoms with van der Waals surface area (Å²) in [5.41, 5.74) is 1.56. The highest BCUT2D eigenvalue weighted by atomic mass is 32.2. The SMILES string of the molecule is C[C@@H]1Cc2cc(S(N)(=O)=O)ccc2N1C(=O)Cn1ccnc1. The number of fused-ring (bicyclic) bond motifs is 1. The van der Waals surface area contributed by atoms with Crippen LogP contribution in [-0.4, -0.2) is 29.9 Å². The molecule has 0 spiro atoms. The minimum atomic E-state index is -3.74. The zero-order valence-corrected chi connectivity index (χ0v) is 12.8. The molecule has 1 amide bonds. The smallest absolute Gasteiger partial charge is 0.247 e. The van der Waals surface area contributed by atoms with E-state index in [0.29, 0.717) is 6.42 Å². The largest absolute Gasteiger partial charge is 0.328 e. The number of carbonyl (C=O) groups excluding carboxylic acids is 1. The Balaban J connectivity index is 1.91. The lowest BCUT2D eigenvalue weighted by molar-refractivity contribution is -0.119. The zero-order valence-electron chi connectivity index (χ0n) is 12.0. The lowest BCUT2D eigenvalue weighted by atomic mass is 10.1. The first kappa shape index (κ1) is 14.7. The molecule has 22 heavy (non-hydrogen) atoms. The Labute approximate surface area is 128 Å². The summed E-state index contributed by atoms with van der Waals surface area (Å²) < 4.78 is 24.6. The minimum absolute atomic E-state index is 0.0262. The van der Waals surface area contributed by atoms with Gasteiger partial charge in [-0.05, 0) is 37.1 Å². The van der Waals surface area contributed by atoms with Crippen molar-refractivity contribution in [2.45, 2.75) is 30.8 Å². The van der Waals surface area contributed by atoms with Crippen molar-refractivity contribution in [3.8, 4) is 0 Å². The molecule has 1 aliphatic rings. The van der Waals surface area contributed by atoms with E-state index in [9.17, 15) is 13.2 Å². The number of primary sulfonamides is 1. The summed E-state index contributed by atoms with van der Waals surface area (Å²) in [6.07, 6.45) is 5.54. The molecule has 0 unspecified atom stereocenters. The highest BCUT2D eigenvalue weighted by molar-refractivity contribution is 7.89. The molecule has 0 saturated carbocycles. The Morgan fingerprint density at radius 3 is 2.86 bits per heavy atom. The minimum Gasteiger partial charge on any atom is -0.328 e. The third-order valence-corrected chi connectivity index (χ3v) is 4.65. The number of imidazole rings is 1. The number of benzene rings is 1. The number of aromatic nitrogens is 2. The number of amides is 1. The van der Waals surface area contributed by atoms with Gasteiger partial charge in [-0.2, -0.15) is 0 Å². The lowest BCUT2D eigenvalue weighted by Gasteiger charge is -2.23. The fourth-order valence-corrected chi connectivity index (χ4v) is 3.34. The van der Waals surface area contributed by atoms with Crippen LogP contribution in [0.4, 0.5) is 5.69 Å². The van der Waals surface area contributed by atoms with Crippen LogP contribution in [0.3, 0.4) is 0 Å². The molecule has 2 N–H and O–H groups in total. The predicted molar refractivity (Wildman–Crippen MR) is 80.7 cm³/mol. The molecule has 1 aliphatic heterocycles. The van der Waals surface area contributed by atoms with E-state index in [4.69, 9.17) is 5.14 Å². The van der Waals surface area contributed by atoms with Crippen molar-refractivity contribution in [3.63, 3.8) is 0 Å². The highest BCUT2D eigenvalue weighted by Crippen LogP contribution is 2.33. The second-order valence-corrected chi connectivity index (χ2v) is 6.95. The predicted octanol–water partition coefficient (Wildman–Crippen LogP) is 0.508. The molecule has 0 bridgehead atoms. The summed E-state index contributed by atoms with van der Waals surface area (Å²) >= 11 is 0. The average Bonchev–Trinajstić information content (AvgIpc) is 3.02. The lowest BCUT2D eigenvalue weighted by Crippen LogP contribution is -2.37. The van der Waals surface area contributed by atoms with Gasteiger partial charge >= 0.3 is 0 Å². The molecule has 2 heterocycles. The normalized spacial score (nSPS) is 17.5. The van der Waals surface area contributed by atoms with Gasteiger partial charge in [-0.3, -0.25) is 4.79 Å². The molecule has 1 atom stereocenters. The number of carbonyl (C=O) groups is 1. The second kappa shape index (κ2) is 5.22. The third-order valence-electron chi connectivity index (χ3n) is 3.74. The number of hydrogen-bond donors (Lipinski definition) is 1. The molecule has 3 rings (SSSR count). The van der Waals surface area contributed by atoms with Crippen molar-refractivity contribution < 1.29 is 13.2 Å². The van der Waals surface area contributed by atoms with Gasteiger partial charge < -0.3 is 9.47 Å². The number of rotatable bonds is 3. The molecule has 0 saturated heterocycles. The van der Waals surface area contributed by atoms with Crippen LogP contribution in [-0.2, 0) is 27.8 Å². The molecule has 116 valence electrons. The second-order valence-electron chi connectivity index (χ2n) is 5.39. The Kier molecular flexibility index (Phi) is 3.50. The Morgan fingerprint density at radius 1 is 1.45 bits per heavy atom. The van der Waals surface area contributed by atoms with Gasteiger partial charge in [0.1, 0.15) is 6.54 Å². The Bertz CT molecular complexity index is 815. The molecular formula is C14H16N4O3S. The van der Waals surface area contributed by atoms with Crippen LogP contribution >= 0.6 is 0 Å². The fourth-order valence-electron chi connectivity index (χ4n) is 2.78. The molecule has 0 aliphatic carbocycles. The quantitative estimate of drug-likeness (QED) is 0.890. The molecule has 7 nitrogen and oxygen atoms in total. The van der Waals surface area contributed by atoms with Gasteiger partial charge in [-0.1, -0.05) is 0 Å². The van der Waals surface area contributed by atoms with E-state index in [2.05, 4.69) is 4.98 Å². The maximum Gasteiger partial charge on any atom is 0.247 e. The van der Waals surface area contributed by atoms with Crippen LogP contribution in [0.5, 0.6) is 0 Å². The van der Waals surface area contributed by atoms with Crippen LogP contribution < -0.4 is 10.0 Å². The number of nitrogens with zero attached hydrogens (tertiary/aromatic N) is 3.